The number of methoxy groups -OCH3 is 1. The second-order valence-electron chi connectivity index (χ2n) is 6.61. The van der Waals surface area contributed by atoms with Gasteiger partial charge in [-0.15, -0.1) is 11.3 Å². The molecular weight excluding hydrogens is 424 g/mol. The van der Waals surface area contributed by atoms with E-state index >= 15 is 0 Å². The summed E-state index contributed by atoms with van der Waals surface area (Å²) < 4.78 is 24.8. The van der Waals surface area contributed by atoms with E-state index < -0.39 is 22.9 Å². The van der Waals surface area contributed by atoms with Crippen LogP contribution in [0.1, 0.15) is 21.8 Å². The molecule has 0 saturated carbocycles. The van der Waals surface area contributed by atoms with E-state index in [1.807, 2.05) is 0 Å². The lowest BCUT2D eigenvalue weighted by molar-refractivity contribution is 0.0268. The summed E-state index contributed by atoms with van der Waals surface area (Å²) in [5.41, 5.74) is 0.248. The summed E-state index contributed by atoms with van der Waals surface area (Å²) in [4.78, 5) is 16.3. The molecular formula is C17H19ClN4O4S2. The largest absolute Gasteiger partial charge is 0.593 e. The maximum absolute atomic E-state index is 13.0. The van der Waals surface area contributed by atoms with Crippen LogP contribution in [0.2, 0.25) is 5.02 Å². The molecule has 4 heterocycles. The minimum absolute atomic E-state index is 0.0685. The zero-order valence-corrected chi connectivity index (χ0v) is 17.6. The average Bonchev–Trinajstić information content (AvgIpc) is 3.32. The summed E-state index contributed by atoms with van der Waals surface area (Å²) >= 11 is 6.65. The van der Waals surface area contributed by atoms with Gasteiger partial charge in [-0.25, -0.2) is 4.79 Å². The zero-order chi connectivity index (χ0) is 20.1. The van der Waals surface area contributed by atoms with Gasteiger partial charge in [0.2, 0.25) is 5.96 Å². The molecule has 0 amide bonds. The highest BCUT2D eigenvalue weighted by molar-refractivity contribution is 7.90. The predicted octanol–water partition coefficient (Wildman–Crippen LogP) is 2.30. The first-order valence-corrected chi connectivity index (χ1v) is 10.9. The maximum Gasteiger partial charge on any atom is 0.354 e. The number of guanidine groups is 1. The SMILES string of the molecule is COC(=O)c1ccc(-c2cc(Cl)c(C34COCCC3[S+]([O-])N(C)C(=N)N4)s2)[nH]1. The number of thiophene rings is 1. The van der Waals surface area contributed by atoms with Crippen LogP contribution in [0.25, 0.3) is 10.6 Å². The maximum atomic E-state index is 13.0. The fourth-order valence-electron chi connectivity index (χ4n) is 3.57. The third-order valence-electron chi connectivity index (χ3n) is 5.02. The number of nitrogens with zero attached hydrogens (tertiary/aromatic N) is 1. The number of halogens is 1. The van der Waals surface area contributed by atoms with Gasteiger partial charge in [-0.05, 0) is 18.2 Å². The molecule has 3 unspecified atom stereocenters. The molecule has 0 spiro atoms. The van der Waals surface area contributed by atoms with Crippen LogP contribution in [0.3, 0.4) is 0 Å². The van der Waals surface area contributed by atoms with Gasteiger partial charge in [-0.1, -0.05) is 11.6 Å². The highest BCUT2D eigenvalue weighted by Gasteiger charge is 2.58. The summed E-state index contributed by atoms with van der Waals surface area (Å²) in [5.74, 6) is -0.381. The van der Waals surface area contributed by atoms with Crippen molar-refractivity contribution < 1.29 is 18.8 Å². The molecule has 0 radical (unpaired) electrons. The van der Waals surface area contributed by atoms with Gasteiger partial charge in [0.25, 0.3) is 0 Å². The monoisotopic (exact) mass is 442 g/mol. The second kappa shape index (κ2) is 7.27. The summed E-state index contributed by atoms with van der Waals surface area (Å²) in [6.07, 6.45) is 0.593. The molecule has 150 valence electrons. The van der Waals surface area contributed by atoms with Gasteiger partial charge in [0.05, 0.1) is 59.2 Å². The Balaban J connectivity index is 1.75. The molecule has 2 saturated heterocycles. The first kappa shape index (κ1) is 19.6. The lowest BCUT2D eigenvalue weighted by atomic mass is 9.89. The summed E-state index contributed by atoms with van der Waals surface area (Å²) in [6, 6.07) is 5.24. The smallest absolute Gasteiger partial charge is 0.354 e. The molecule has 2 aromatic rings. The number of aromatic nitrogens is 1. The molecule has 28 heavy (non-hydrogen) atoms. The summed E-state index contributed by atoms with van der Waals surface area (Å²) in [7, 11) is 2.96. The molecule has 2 aromatic heterocycles. The lowest BCUT2D eigenvalue weighted by Crippen LogP contribution is -2.70. The standard InChI is InChI=1S/C17H19ClN4O4S2/c1-22-16(19)21-17(8-26-6-5-13(17)28(22)24)14-9(18)7-12(27-14)10-3-4-11(20-10)15(23)25-2/h3-4,7,13,20H,5-6,8H2,1-2H3,(H2,19,21). The Morgan fingerprint density at radius 1 is 1.57 bits per heavy atom. The molecule has 4 rings (SSSR count). The quantitative estimate of drug-likeness (QED) is 0.496. The number of carbonyl (C=O) groups is 1. The average molecular weight is 443 g/mol. The van der Waals surface area contributed by atoms with Gasteiger partial charge in [0.1, 0.15) is 11.2 Å². The Hall–Kier alpha value is -1.72. The van der Waals surface area contributed by atoms with Crippen LogP contribution < -0.4 is 5.32 Å². The number of nitrogens with one attached hydrogen (secondary N) is 3. The Labute approximate surface area is 174 Å². The predicted molar refractivity (Wildman–Crippen MR) is 108 cm³/mol. The molecule has 3 N–H and O–H groups in total. The van der Waals surface area contributed by atoms with E-state index in [9.17, 15) is 9.35 Å². The highest BCUT2D eigenvalue weighted by Crippen LogP contribution is 2.47. The van der Waals surface area contributed by atoms with Crippen LogP contribution in [0.5, 0.6) is 0 Å². The fraction of sp³-hybridized carbons (Fsp3) is 0.412. The van der Waals surface area contributed by atoms with E-state index in [0.717, 1.165) is 15.4 Å². The highest BCUT2D eigenvalue weighted by atomic mass is 35.5. The number of H-pyrrole nitrogens is 1. The number of carbonyl (C=O) groups excluding carboxylic acids is 1. The van der Waals surface area contributed by atoms with Crippen LogP contribution in [-0.2, 0) is 26.4 Å². The molecule has 8 nitrogen and oxygen atoms in total. The molecule has 0 aliphatic carbocycles. The normalized spacial score (nSPS) is 27.3. The van der Waals surface area contributed by atoms with Crippen molar-refractivity contribution >= 4 is 46.2 Å². The van der Waals surface area contributed by atoms with Crippen molar-refractivity contribution in [3.63, 3.8) is 0 Å². The molecule has 3 atom stereocenters. The number of hydrogen-bond donors (Lipinski definition) is 3. The molecule has 11 heteroatoms. The Kier molecular flexibility index (Phi) is 5.09. The van der Waals surface area contributed by atoms with Gasteiger partial charge in [-0.2, -0.15) is 4.31 Å². The van der Waals surface area contributed by atoms with Crippen molar-refractivity contribution in [2.24, 2.45) is 0 Å². The number of fused-ring (bicyclic) bond motifs is 1. The van der Waals surface area contributed by atoms with Crippen molar-refractivity contribution in [2.45, 2.75) is 17.2 Å². The minimum atomic E-state index is -1.37. The van der Waals surface area contributed by atoms with Gasteiger partial charge in [0, 0.05) is 6.42 Å². The van der Waals surface area contributed by atoms with Gasteiger partial charge in [-0.3, -0.25) is 5.41 Å². The summed E-state index contributed by atoms with van der Waals surface area (Å²) in [5, 5.41) is 11.6. The number of ether oxygens (including phenoxy) is 2. The minimum Gasteiger partial charge on any atom is -0.593 e. The number of aromatic amines is 1. The van der Waals surface area contributed by atoms with Crippen LogP contribution in [0.15, 0.2) is 18.2 Å². The Bertz CT molecular complexity index is 932. The topological polar surface area (TPSA) is 114 Å². The van der Waals surface area contributed by atoms with E-state index in [1.54, 1.807) is 25.2 Å². The van der Waals surface area contributed by atoms with Crippen molar-refractivity contribution in [3.05, 3.63) is 33.8 Å². The van der Waals surface area contributed by atoms with Gasteiger partial charge in [0.15, 0.2) is 5.25 Å². The molecule has 0 aromatic carbocycles. The number of rotatable bonds is 3. The van der Waals surface area contributed by atoms with Crippen molar-refractivity contribution in [1.82, 2.24) is 14.6 Å². The van der Waals surface area contributed by atoms with E-state index in [4.69, 9.17) is 26.5 Å². The third-order valence-corrected chi connectivity index (χ3v) is 8.63. The Morgan fingerprint density at radius 3 is 3.11 bits per heavy atom. The first-order chi connectivity index (χ1) is 13.4. The van der Waals surface area contributed by atoms with Crippen LogP contribution >= 0.6 is 22.9 Å². The van der Waals surface area contributed by atoms with Crippen LogP contribution in [0.4, 0.5) is 0 Å². The molecule has 2 aliphatic heterocycles. The zero-order valence-electron chi connectivity index (χ0n) is 15.2. The van der Waals surface area contributed by atoms with Gasteiger partial charge >= 0.3 is 5.97 Å². The van der Waals surface area contributed by atoms with Crippen LogP contribution in [-0.4, -0.2) is 58.4 Å². The Morgan fingerprint density at radius 2 is 2.36 bits per heavy atom. The third kappa shape index (κ3) is 3.00. The van der Waals surface area contributed by atoms with E-state index in [-0.39, 0.29) is 17.8 Å². The number of hydrogen-bond acceptors (Lipinski definition) is 6. The lowest BCUT2D eigenvalue weighted by Gasteiger charge is -2.49. The molecule has 2 aliphatic rings. The number of esters is 1. The van der Waals surface area contributed by atoms with Crippen molar-refractivity contribution in [3.8, 4) is 10.6 Å². The van der Waals surface area contributed by atoms with E-state index in [0.29, 0.717) is 23.7 Å². The van der Waals surface area contributed by atoms with Crippen molar-refractivity contribution in [2.75, 3.05) is 27.4 Å². The summed E-state index contributed by atoms with van der Waals surface area (Å²) in [6.45, 7) is 0.785. The van der Waals surface area contributed by atoms with Crippen molar-refractivity contribution in [1.29, 1.82) is 5.41 Å². The van der Waals surface area contributed by atoms with Gasteiger partial charge < -0.3 is 24.3 Å². The van der Waals surface area contributed by atoms with Crippen LogP contribution in [0, 0.1) is 5.41 Å². The fourth-order valence-corrected chi connectivity index (χ4v) is 6.81. The van der Waals surface area contributed by atoms with E-state index in [1.165, 1.54) is 22.8 Å². The first-order valence-electron chi connectivity index (χ1n) is 8.54. The molecule has 2 fully saturated rings. The molecule has 0 bridgehead atoms. The second-order valence-corrected chi connectivity index (χ2v) is 9.74. The van der Waals surface area contributed by atoms with E-state index in [2.05, 4.69) is 10.3 Å².